The molecule has 1 aliphatic heterocycles. The van der Waals surface area contributed by atoms with Crippen molar-refractivity contribution >= 4 is 23.8 Å². The molecule has 1 aliphatic rings. The van der Waals surface area contributed by atoms with Gasteiger partial charge in [-0.2, -0.15) is 0 Å². The summed E-state index contributed by atoms with van der Waals surface area (Å²) in [6.45, 7) is 3.73. The Labute approximate surface area is 161 Å². The molecule has 0 saturated carbocycles. The fourth-order valence-electron chi connectivity index (χ4n) is 3.16. The van der Waals surface area contributed by atoms with Crippen LogP contribution in [0.3, 0.4) is 0 Å². The van der Waals surface area contributed by atoms with Gasteiger partial charge in [-0.25, -0.2) is 4.79 Å². The molecule has 1 aromatic heterocycles. The van der Waals surface area contributed by atoms with E-state index in [4.69, 9.17) is 0 Å². The van der Waals surface area contributed by atoms with Crippen LogP contribution in [0.4, 0.5) is 4.79 Å². The van der Waals surface area contributed by atoms with E-state index < -0.39 is 29.8 Å². The van der Waals surface area contributed by atoms with E-state index in [1.807, 2.05) is 48.7 Å². The number of hydrogen-bond acceptors (Lipinski definition) is 4. The van der Waals surface area contributed by atoms with E-state index >= 15 is 0 Å². The number of aromatic nitrogens is 1. The van der Waals surface area contributed by atoms with Crippen molar-refractivity contribution in [2.75, 3.05) is 0 Å². The van der Waals surface area contributed by atoms with Crippen molar-refractivity contribution in [1.82, 2.24) is 26.1 Å². The molecule has 9 nitrogen and oxygen atoms in total. The zero-order valence-electron chi connectivity index (χ0n) is 15.5. The minimum Gasteiger partial charge on any atom is -0.326 e. The molecule has 0 spiro atoms. The Bertz CT molecular complexity index is 935. The van der Waals surface area contributed by atoms with Crippen molar-refractivity contribution in [2.45, 2.75) is 32.7 Å². The van der Waals surface area contributed by atoms with Crippen LogP contribution >= 0.6 is 0 Å². The summed E-state index contributed by atoms with van der Waals surface area (Å²) in [6, 6.07) is 10.1. The lowest BCUT2D eigenvalue weighted by molar-refractivity contribution is -0.122. The second kappa shape index (κ2) is 7.95. The molecule has 9 heteroatoms. The summed E-state index contributed by atoms with van der Waals surface area (Å²) >= 11 is 0. The lowest BCUT2D eigenvalue weighted by Crippen LogP contribution is -2.42. The number of rotatable bonds is 5. The van der Waals surface area contributed by atoms with Gasteiger partial charge in [0.2, 0.25) is 5.91 Å². The highest BCUT2D eigenvalue weighted by Crippen LogP contribution is 2.20. The third-order valence-electron chi connectivity index (χ3n) is 4.52. The molecule has 0 bridgehead atoms. The third-order valence-corrected chi connectivity index (χ3v) is 4.52. The normalized spacial score (nSPS) is 15.7. The van der Waals surface area contributed by atoms with Crippen molar-refractivity contribution in [1.29, 1.82) is 0 Å². The Hall–Kier alpha value is -3.62. The van der Waals surface area contributed by atoms with Crippen molar-refractivity contribution in [3.05, 3.63) is 53.3 Å². The van der Waals surface area contributed by atoms with Crippen molar-refractivity contribution in [3.63, 3.8) is 0 Å². The largest absolute Gasteiger partial charge is 0.326 e. The van der Waals surface area contributed by atoms with Crippen LogP contribution in [0.5, 0.6) is 0 Å². The summed E-state index contributed by atoms with van der Waals surface area (Å²) in [7, 11) is 0. The summed E-state index contributed by atoms with van der Waals surface area (Å²) in [5.41, 5.74) is 7.75. The topological polar surface area (TPSA) is 121 Å². The van der Waals surface area contributed by atoms with Gasteiger partial charge in [-0.05, 0) is 38.5 Å². The number of nitrogens with zero attached hydrogens (tertiary/aromatic N) is 1. The van der Waals surface area contributed by atoms with Gasteiger partial charge in [0.05, 0.1) is 5.56 Å². The summed E-state index contributed by atoms with van der Waals surface area (Å²) in [6.07, 6.45) is 0.115. The van der Waals surface area contributed by atoms with Crippen molar-refractivity contribution in [2.24, 2.45) is 0 Å². The SMILES string of the molecule is Cc1cc(C(=O)NNC(=O)CCC2NC(=O)NC2=O)c(C)n1-c1ccccc1. The smallest absolute Gasteiger partial charge is 0.322 e. The number of aryl methyl sites for hydroxylation is 1. The number of para-hydroxylation sites is 1. The van der Waals surface area contributed by atoms with Crippen LogP contribution < -0.4 is 21.5 Å². The van der Waals surface area contributed by atoms with Gasteiger partial charge in [-0.1, -0.05) is 18.2 Å². The minimum absolute atomic E-state index is 0.0261. The molecule has 2 heterocycles. The van der Waals surface area contributed by atoms with Crippen LogP contribution in [0.2, 0.25) is 0 Å². The zero-order chi connectivity index (χ0) is 20.3. The van der Waals surface area contributed by atoms with E-state index in [1.165, 1.54) is 0 Å². The Morgan fingerprint density at radius 3 is 2.46 bits per heavy atom. The van der Waals surface area contributed by atoms with Gasteiger partial charge in [-0.3, -0.25) is 30.6 Å². The summed E-state index contributed by atoms with van der Waals surface area (Å²) in [4.78, 5) is 46.9. The maximum atomic E-state index is 12.5. The number of amides is 5. The molecule has 0 radical (unpaired) electrons. The first-order valence-electron chi connectivity index (χ1n) is 8.81. The molecule has 1 aromatic carbocycles. The number of benzene rings is 1. The molecule has 2 aromatic rings. The van der Waals surface area contributed by atoms with Gasteiger partial charge in [0.15, 0.2) is 0 Å². The number of nitrogens with one attached hydrogen (secondary N) is 4. The first-order chi connectivity index (χ1) is 13.4. The maximum absolute atomic E-state index is 12.5. The Morgan fingerprint density at radius 1 is 1.11 bits per heavy atom. The molecular weight excluding hydrogens is 362 g/mol. The molecule has 28 heavy (non-hydrogen) atoms. The van der Waals surface area contributed by atoms with Crippen LogP contribution in [-0.4, -0.2) is 34.4 Å². The first-order valence-corrected chi connectivity index (χ1v) is 8.81. The lowest BCUT2D eigenvalue weighted by Gasteiger charge is -2.11. The number of imide groups is 1. The molecule has 146 valence electrons. The van der Waals surface area contributed by atoms with Gasteiger partial charge >= 0.3 is 6.03 Å². The second-order valence-electron chi connectivity index (χ2n) is 6.51. The van der Waals surface area contributed by atoms with E-state index in [-0.39, 0.29) is 12.8 Å². The maximum Gasteiger partial charge on any atom is 0.322 e. The zero-order valence-corrected chi connectivity index (χ0v) is 15.5. The van der Waals surface area contributed by atoms with Crippen molar-refractivity contribution < 1.29 is 19.2 Å². The van der Waals surface area contributed by atoms with Gasteiger partial charge < -0.3 is 9.88 Å². The number of hydrazine groups is 1. The predicted octanol–water partition coefficient (Wildman–Crippen LogP) is 0.843. The minimum atomic E-state index is -0.737. The molecule has 4 N–H and O–H groups in total. The summed E-state index contributed by atoms with van der Waals surface area (Å²) < 4.78 is 1.96. The number of hydrogen-bond donors (Lipinski definition) is 4. The molecule has 0 aliphatic carbocycles. The van der Waals surface area contributed by atoms with E-state index in [0.29, 0.717) is 5.56 Å². The number of carbonyl (C=O) groups excluding carboxylic acids is 4. The molecule has 1 unspecified atom stereocenters. The monoisotopic (exact) mass is 383 g/mol. The fraction of sp³-hybridized carbons (Fsp3) is 0.263. The fourth-order valence-corrected chi connectivity index (χ4v) is 3.16. The van der Waals surface area contributed by atoms with Crippen LogP contribution in [0.1, 0.15) is 34.6 Å². The van der Waals surface area contributed by atoms with Gasteiger partial charge in [0.1, 0.15) is 6.04 Å². The second-order valence-corrected chi connectivity index (χ2v) is 6.51. The third kappa shape index (κ3) is 4.03. The molecule has 1 fully saturated rings. The van der Waals surface area contributed by atoms with Crippen LogP contribution in [0, 0.1) is 13.8 Å². The standard InChI is InChI=1S/C19H21N5O4/c1-11-10-14(12(2)24(11)13-6-4-3-5-7-13)17(26)23-22-16(25)9-8-15-18(27)21-19(28)20-15/h3-7,10,15H,8-9H2,1-2H3,(H,22,25)(H,23,26)(H2,20,21,27,28). The van der Waals surface area contributed by atoms with Crippen LogP contribution in [0.15, 0.2) is 36.4 Å². The van der Waals surface area contributed by atoms with Crippen molar-refractivity contribution in [3.8, 4) is 5.69 Å². The van der Waals surface area contributed by atoms with Gasteiger partial charge in [0, 0.05) is 23.5 Å². The van der Waals surface area contributed by atoms with Crippen LogP contribution in [0.25, 0.3) is 5.69 Å². The molecule has 5 amide bonds. The highest BCUT2D eigenvalue weighted by atomic mass is 16.2. The Morgan fingerprint density at radius 2 is 1.82 bits per heavy atom. The highest BCUT2D eigenvalue weighted by Gasteiger charge is 2.29. The number of carbonyl (C=O) groups is 4. The highest BCUT2D eigenvalue weighted by molar-refractivity contribution is 6.04. The molecule has 1 atom stereocenters. The average Bonchev–Trinajstić information content (AvgIpc) is 3.16. The molecule has 3 rings (SSSR count). The average molecular weight is 383 g/mol. The lowest BCUT2D eigenvalue weighted by atomic mass is 10.1. The Kier molecular flexibility index (Phi) is 5.44. The van der Waals surface area contributed by atoms with E-state index in [2.05, 4.69) is 21.5 Å². The molecular formula is C19H21N5O4. The quantitative estimate of drug-likeness (QED) is 0.452. The van der Waals surface area contributed by atoms with Gasteiger partial charge in [-0.15, -0.1) is 0 Å². The van der Waals surface area contributed by atoms with Gasteiger partial charge in [0.25, 0.3) is 11.8 Å². The van der Waals surface area contributed by atoms with E-state index in [9.17, 15) is 19.2 Å². The summed E-state index contributed by atoms with van der Waals surface area (Å²) in [5, 5.41) is 4.51. The predicted molar refractivity (Wildman–Crippen MR) is 101 cm³/mol. The van der Waals surface area contributed by atoms with E-state index in [0.717, 1.165) is 17.1 Å². The molecule has 1 saturated heterocycles. The van der Waals surface area contributed by atoms with Crippen LogP contribution in [-0.2, 0) is 9.59 Å². The first kappa shape index (κ1) is 19.2. The summed E-state index contributed by atoms with van der Waals surface area (Å²) in [5.74, 6) is -1.36. The Balaban J connectivity index is 1.57. The number of urea groups is 1. The van der Waals surface area contributed by atoms with E-state index in [1.54, 1.807) is 6.07 Å².